The first-order valence-electron chi connectivity index (χ1n) is 6.42. The highest BCUT2D eigenvalue weighted by Crippen LogP contribution is 2.23. The van der Waals surface area contributed by atoms with Crippen LogP contribution in [-0.4, -0.2) is 14.3 Å². The van der Waals surface area contributed by atoms with E-state index < -0.39 is 11.1 Å². The third-order valence-electron chi connectivity index (χ3n) is 2.22. The van der Waals surface area contributed by atoms with E-state index in [4.69, 9.17) is 0 Å². The Morgan fingerprint density at radius 2 is 1.53 bits per heavy atom. The zero-order chi connectivity index (χ0) is 15.3. The fourth-order valence-electron chi connectivity index (χ4n) is 2.09. The first kappa shape index (κ1) is 18.3. The van der Waals surface area contributed by atoms with Gasteiger partial charge in [-0.2, -0.15) is 0 Å². The van der Waals surface area contributed by atoms with Gasteiger partial charge in [-0.25, -0.2) is 0 Å². The quantitative estimate of drug-likeness (QED) is 0.849. The largest absolute Gasteiger partial charge is 0.768 e. The van der Waals surface area contributed by atoms with Crippen LogP contribution in [0.25, 0.3) is 0 Å². The van der Waals surface area contributed by atoms with E-state index in [1.807, 2.05) is 6.92 Å². The molecule has 0 aromatic heterocycles. The molecule has 0 amide bonds. The van der Waals surface area contributed by atoms with E-state index in [0.29, 0.717) is 10.3 Å². The average molecular weight is 285 g/mol. The Morgan fingerprint density at radius 1 is 1.11 bits per heavy atom. The van der Waals surface area contributed by atoms with Gasteiger partial charge in [-0.1, -0.05) is 38.5 Å². The molecule has 3 N–H and O–H groups in total. The number of hydrogen-bond donors (Lipinski definition) is 1. The Labute approximate surface area is 119 Å². The Hall–Kier alpha value is -0.710. The van der Waals surface area contributed by atoms with Crippen molar-refractivity contribution in [3.05, 3.63) is 29.8 Å². The molecule has 0 bridgehead atoms. The van der Waals surface area contributed by atoms with Crippen molar-refractivity contribution in [1.29, 1.82) is 0 Å². The fourth-order valence-corrected chi connectivity index (χ4v) is 2.44. The molecule has 0 saturated carbocycles. The van der Waals surface area contributed by atoms with Crippen molar-refractivity contribution in [2.45, 2.75) is 58.4 Å². The Bertz CT molecular complexity index is 388. The van der Waals surface area contributed by atoms with Gasteiger partial charge >= 0.3 is 0 Å². The Balaban J connectivity index is 0.000000344. The van der Waals surface area contributed by atoms with Crippen molar-refractivity contribution < 1.29 is 14.5 Å². The standard InChI is InChI=1S/C8H19N.C7H8O2S/c1-7(2,3)6-8(4,5)9;1-6-2-4-7(5-3-6)10(8)9/h6,9H2,1-5H3;2-5H,1H3,(H,8,9). The van der Waals surface area contributed by atoms with Gasteiger partial charge in [0.15, 0.2) is 0 Å². The summed E-state index contributed by atoms with van der Waals surface area (Å²) in [5.74, 6) is 0. The van der Waals surface area contributed by atoms with Crippen molar-refractivity contribution in [3.63, 3.8) is 0 Å². The molecular weight excluding hydrogens is 258 g/mol. The maximum absolute atomic E-state index is 10.3. The van der Waals surface area contributed by atoms with Crippen LogP contribution in [-0.2, 0) is 11.1 Å². The molecule has 1 atom stereocenters. The molecule has 0 spiro atoms. The number of hydrogen-bond acceptors (Lipinski definition) is 2. The molecule has 1 rings (SSSR count). The molecule has 0 fully saturated rings. The first-order valence-corrected chi connectivity index (χ1v) is 7.49. The van der Waals surface area contributed by atoms with Crippen molar-refractivity contribution in [2.75, 3.05) is 0 Å². The van der Waals surface area contributed by atoms with Gasteiger partial charge in [0, 0.05) is 11.3 Å². The number of benzene rings is 1. The summed E-state index contributed by atoms with van der Waals surface area (Å²) < 4.78 is 20.6. The van der Waals surface area contributed by atoms with Crippen LogP contribution in [0.2, 0.25) is 0 Å². The second-order valence-electron chi connectivity index (χ2n) is 6.95. The topological polar surface area (TPSA) is 67.8 Å². The SMILES string of the molecule is CC(C)(C)CC(C)(C)[NH3+].Cc1ccc(S(=O)[O-])cc1. The molecule has 19 heavy (non-hydrogen) atoms. The Kier molecular flexibility index (Phi) is 6.91. The van der Waals surface area contributed by atoms with Crippen LogP contribution in [0.5, 0.6) is 0 Å². The van der Waals surface area contributed by atoms with E-state index in [0.717, 1.165) is 5.56 Å². The minimum absolute atomic E-state index is 0.234. The van der Waals surface area contributed by atoms with E-state index >= 15 is 0 Å². The third kappa shape index (κ3) is 10.9. The van der Waals surface area contributed by atoms with Crippen LogP contribution in [0.15, 0.2) is 29.2 Å². The lowest BCUT2D eigenvalue weighted by Gasteiger charge is -2.25. The monoisotopic (exact) mass is 285 g/mol. The van der Waals surface area contributed by atoms with Crippen LogP contribution in [0.3, 0.4) is 0 Å². The van der Waals surface area contributed by atoms with Crippen LogP contribution in [0.4, 0.5) is 0 Å². The van der Waals surface area contributed by atoms with Gasteiger partial charge in [0.25, 0.3) is 0 Å². The smallest absolute Gasteiger partial charge is 0.0894 e. The fraction of sp³-hybridized carbons (Fsp3) is 0.600. The summed E-state index contributed by atoms with van der Waals surface area (Å²) in [4.78, 5) is 0.339. The summed E-state index contributed by atoms with van der Waals surface area (Å²) in [7, 11) is 0. The number of rotatable bonds is 2. The lowest BCUT2D eigenvalue weighted by Crippen LogP contribution is -2.70. The minimum Gasteiger partial charge on any atom is -0.768 e. The van der Waals surface area contributed by atoms with Crippen molar-refractivity contribution >= 4 is 11.1 Å². The maximum Gasteiger partial charge on any atom is 0.0894 e. The summed E-state index contributed by atoms with van der Waals surface area (Å²) in [5.41, 5.74) is 5.78. The van der Waals surface area contributed by atoms with E-state index in [2.05, 4.69) is 40.4 Å². The summed E-state index contributed by atoms with van der Waals surface area (Å²) in [6.07, 6.45) is 1.18. The van der Waals surface area contributed by atoms with Crippen molar-refractivity contribution in [1.82, 2.24) is 0 Å². The second-order valence-corrected chi connectivity index (χ2v) is 7.89. The minimum atomic E-state index is -2.09. The van der Waals surface area contributed by atoms with E-state index in [1.54, 1.807) is 24.3 Å². The highest BCUT2D eigenvalue weighted by molar-refractivity contribution is 7.79. The van der Waals surface area contributed by atoms with Gasteiger partial charge in [-0.15, -0.1) is 0 Å². The summed E-state index contributed by atoms with van der Waals surface area (Å²) >= 11 is -2.09. The molecule has 0 aliphatic rings. The highest BCUT2D eigenvalue weighted by atomic mass is 32.2. The molecule has 0 heterocycles. The van der Waals surface area contributed by atoms with Crippen LogP contribution >= 0.6 is 0 Å². The Morgan fingerprint density at radius 3 is 1.74 bits per heavy atom. The zero-order valence-corrected chi connectivity index (χ0v) is 13.8. The zero-order valence-electron chi connectivity index (χ0n) is 12.9. The highest BCUT2D eigenvalue weighted by Gasteiger charge is 2.23. The van der Waals surface area contributed by atoms with Gasteiger partial charge in [-0.3, -0.25) is 4.21 Å². The lowest BCUT2D eigenvalue weighted by molar-refractivity contribution is -0.470. The van der Waals surface area contributed by atoms with E-state index in [-0.39, 0.29) is 5.54 Å². The molecule has 0 saturated heterocycles. The average Bonchev–Trinajstić information content (AvgIpc) is 2.13. The van der Waals surface area contributed by atoms with Gasteiger partial charge in [0.2, 0.25) is 0 Å². The predicted octanol–water partition coefficient (Wildman–Crippen LogP) is 2.68. The van der Waals surface area contributed by atoms with Crippen molar-refractivity contribution in [2.24, 2.45) is 5.41 Å². The summed E-state index contributed by atoms with van der Waals surface area (Å²) in [6.45, 7) is 13.0. The molecule has 0 aliphatic heterocycles. The molecule has 110 valence electrons. The molecule has 0 aliphatic carbocycles. The van der Waals surface area contributed by atoms with E-state index in [1.165, 1.54) is 6.42 Å². The first-order chi connectivity index (χ1) is 8.41. The lowest BCUT2D eigenvalue weighted by atomic mass is 9.82. The number of quaternary nitrogens is 1. The molecule has 4 heteroatoms. The molecule has 1 aromatic rings. The van der Waals surface area contributed by atoms with Crippen LogP contribution < -0.4 is 5.73 Å². The number of aryl methyl sites for hydroxylation is 1. The molecular formula is C15H27NO2S. The third-order valence-corrected chi connectivity index (χ3v) is 2.88. The van der Waals surface area contributed by atoms with Gasteiger partial charge < -0.3 is 10.3 Å². The summed E-state index contributed by atoms with van der Waals surface area (Å²) in [5, 5.41) is 0. The second kappa shape index (κ2) is 7.17. The summed E-state index contributed by atoms with van der Waals surface area (Å²) in [6, 6.07) is 6.70. The predicted molar refractivity (Wildman–Crippen MR) is 79.4 cm³/mol. The van der Waals surface area contributed by atoms with Gasteiger partial charge in [-0.05, 0) is 49.4 Å². The molecule has 1 unspecified atom stereocenters. The normalized spacial score (nSPS) is 13.5. The molecule has 3 nitrogen and oxygen atoms in total. The van der Waals surface area contributed by atoms with E-state index in [9.17, 15) is 8.76 Å². The van der Waals surface area contributed by atoms with Crippen molar-refractivity contribution in [3.8, 4) is 0 Å². The molecule has 1 aromatic carbocycles. The van der Waals surface area contributed by atoms with Gasteiger partial charge in [0.1, 0.15) is 0 Å². The van der Waals surface area contributed by atoms with Crippen LogP contribution in [0, 0.1) is 12.3 Å². The maximum atomic E-state index is 10.3. The van der Waals surface area contributed by atoms with Crippen LogP contribution in [0.1, 0.15) is 46.6 Å². The van der Waals surface area contributed by atoms with Gasteiger partial charge in [0.05, 0.1) is 5.54 Å². The molecule has 0 radical (unpaired) electrons.